The van der Waals surface area contributed by atoms with E-state index in [1.165, 1.54) is 26.5 Å². The van der Waals surface area contributed by atoms with Crippen LogP contribution in [0.25, 0.3) is 11.0 Å². The van der Waals surface area contributed by atoms with Crippen LogP contribution in [0.15, 0.2) is 21.2 Å². The SMILES string of the molecule is CCNCc1coc2cc(C)c(Br)c(C)c12. The summed E-state index contributed by atoms with van der Waals surface area (Å²) in [5.41, 5.74) is 4.69. The van der Waals surface area contributed by atoms with Crippen LogP contribution in [-0.4, -0.2) is 6.54 Å². The fourth-order valence-electron chi connectivity index (χ4n) is 2.00. The Balaban J connectivity index is 2.57. The molecule has 1 aromatic carbocycles. The van der Waals surface area contributed by atoms with Gasteiger partial charge < -0.3 is 9.73 Å². The molecule has 0 saturated carbocycles. The molecule has 0 fully saturated rings. The minimum absolute atomic E-state index is 0.861. The second kappa shape index (κ2) is 4.60. The summed E-state index contributed by atoms with van der Waals surface area (Å²) in [5.74, 6) is 0. The minimum atomic E-state index is 0.861. The third kappa shape index (κ3) is 1.89. The van der Waals surface area contributed by atoms with Crippen LogP contribution in [-0.2, 0) is 6.54 Å². The fraction of sp³-hybridized carbons (Fsp3) is 0.385. The molecule has 0 atom stereocenters. The Labute approximate surface area is 104 Å². The van der Waals surface area contributed by atoms with E-state index in [0.29, 0.717) is 0 Å². The van der Waals surface area contributed by atoms with Gasteiger partial charge in [0, 0.05) is 22.0 Å². The van der Waals surface area contributed by atoms with E-state index in [1.807, 2.05) is 6.26 Å². The average Bonchev–Trinajstić information content (AvgIpc) is 2.66. The maximum atomic E-state index is 5.60. The van der Waals surface area contributed by atoms with Crippen molar-refractivity contribution >= 4 is 26.9 Å². The molecule has 86 valence electrons. The summed E-state index contributed by atoms with van der Waals surface area (Å²) in [6, 6.07) is 2.09. The number of benzene rings is 1. The quantitative estimate of drug-likeness (QED) is 0.923. The van der Waals surface area contributed by atoms with E-state index in [2.05, 4.69) is 48.1 Å². The summed E-state index contributed by atoms with van der Waals surface area (Å²) in [5, 5.41) is 4.56. The number of hydrogen-bond acceptors (Lipinski definition) is 2. The molecule has 2 nitrogen and oxygen atoms in total. The Kier molecular flexibility index (Phi) is 3.36. The number of furan rings is 1. The van der Waals surface area contributed by atoms with Crippen molar-refractivity contribution in [1.82, 2.24) is 5.32 Å². The lowest BCUT2D eigenvalue weighted by Crippen LogP contribution is -2.11. The third-order valence-electron chi connectivity index (χ3n) is 2.86. The monoisotopic (exact) mass is 281 g/mol. The number of rotatable bonds is 3. The normalized spacial score (nSPS) is 11.2. The Bertz CT molecular complexity index is 516. The van der Waals surface area contributed by atoms with E-state index in [-0.39, 0.29) is 0 Å². The van der Waals surface area contributed by atoms with Gasteiger partial charge in [-0.2, -0.15) is 0 Å². The second-order valence-corrected chi connectivity index (χ2v) is 4.84. The standard InChI is InChI=1S/C13H16BrNO/c1-4-15-6-10-7-16-11-5-8(2)13(14)9(3)12(10)11/h5,7,15H,4,6H2,1-3H3. The summed E-state index contributed by atoms with van der Waals surface area (Å²) in [6.45, 7) is 8.15. The first-order valence-electron chi connectivity index (χ1n) is 5.51. The third-order valence-corrected chi connectivity index (χ3v) is 4.08. The van der Waals surface area contributed by atoms with Crippen LogP contribution >= 0.6 is 15.9 Å². The van der Waals surface area contributed by atoms with Crippen molar-refractivity contribution in [3.8, 4) is 0 Å². The maximum absolute atomic E-state index is 5.60. The molecule has 0 spiro atoms. The van der Waals surface area contributed by atoms with E-state index in [1.54, 1.807) is 0 Å². The maximum Gasteiger partial charge on any atom is 0.134 e. The second-order valence-electron chi connectivity index (χ2n) is 4.05. The van der Waals surface area contributed by atoms with E-state index in [0.717, 1.165) is 18.7 Å². The van der Waals surface area contributed by atoms with E-state index in [9.17, 15) is 0 Å². The molecular formula is C13H16BrNO. The number of fused-ring (bicyclic) bond motifs is 1. The lowest BCUT2D eigenvalue weighted by molar-refractivity contribution is 0.604. The molecule has 0 amide bonds. The van der Waals surface area contributed by atoms with Crippen molar-refractivity contribution in [2.24, 2.45) is 0 Å². The number of hydrogen-bond donors (Lipinski definition) is 1. The zero-order valence-electron chi connectivity index (χ0n) is 9.86. The van der Waals surface area contributed by atoms with Gasteiger partial charge in [-0.1, -0.05) is 22.9 Å². The van der Waals surface area contributed by atoms with Crippen molar-refractivity contribution in [3.05, 3.63) is 33.5 Å². The van der Waals surface area contributed by atoms with Gasteiger partial charge in [-0.3, -0.25) is 0 Å². The molecule has 0 aliphatic heterocycles. The molecular weight excluding hydrogens is 266 g/mol. The van der Waals surface area contributed by atoms with Gasteiger partial charge in [-0.05, 0) is 37.6 Å². The van der Waals surface area contributed by atoms with Crippen LogP contribution in [0.1, 0.15) is 23.6 Å². The van der Waals surface area contributed by atoms with Crippen molar-refractivity contribution in [2.45, 2.75) is 27.3 Å². The molecule has 2 aromatic rings. The highest BCUT2D eigenvalue weighted by molar-refractivity contribution is 9.10. The van der Waals surface area contributed by atoms with Crippen molar-refractivity contribution in [3.63, 3.8) is 0 Å². The van der Waals surface area contributed by atoms with Crippen LogP contribution in [0, 0.1) is 13.8 Å². The van der Waals surface area contributed by atoms with Crippen LogP contribution in [0.3, 0.4) is 0 Å². The molecule has 16 heavy (non-hydrogen) atoms. The Morgan fingerprint density at radius 2 is 2.12 bits per heavy atom. The Hall–Kier alpha value is -0.800. The van der Waals surface area contributed by atoms with Gasteiger partial charge >= 0.3 is 0 Å². The molecule has 0 saturated heterocycles. The van der Waals surface area contributed by atoms with E-state index in [4.69, 9.17) is 4.42 Å². The lowest BCUT2D eigenvalue weighted by atomic mass is 10.0. The Morgan fingerprint density at radius 3 is 2.81 bits per heavy atom. The van der Waals surface area contributed by atoms with Crippen LogP contribution in [0.5, 0.6) is 0 Å². The fourth-order valence-corrected chi connectivity index (χ4v) is 2.31. The molecule has 3 heteroatoms. The highest BCUT2D eigenvalue weighted by Gasteiger charge is 2.12. The highest BCUT2D eigenvalue weighted by atomic mass is 79.9. The van der Waals surface area contributed by atoms with Gasteiger partial charge in [-0.15, -0.1) is 0 Å². The smallest absolute Gasteiger partial charge is 0.134 e. The predicted octanol–water partition coefficient (Wildman–Crippen LogP) is 3.92. The van der Waals surface area contributed by atoms with Gasteiger partial charge in [0.05, 0.1) is 6.26 Å². The first-order valence-corrected chi connectivity index (χ1v) is 6.31. The number of aryl methyl sites for hydroxylation is 2. The van der Waals surface area contributed by atoms with Gasteiger partial charge in [0.2, 0.25) is 0 Å². The van der Waals surface area contributed by atoms with E-state index < -0.39 is 0 Å². The molecule has 1 heterocycles. The molecule has 0 aliphatic rings. The summed E-state index contributed by atoms with van der Waals surface area (Å²) in [7, 11) is 0. The zero-order valence-corrected chi connectivity index (χ0v) is 11.4. The molecule has 0 radical (unpaired) electrons. The summed E-state index contributed by atoms with van der Waals surface area (Å²) < 4.78 is 6.78. The topological polar surface area (TPSA) is 25.2 Å². The van der Waals surface area contributed by atoms with Crippen LogP contribution in [0.2, 0.25) is 0 Å². The van der Waals surface area contributed by atoms with Gasteiger partial charge in [0.25, 0.3) is 0 Å². The molecule has 0 bridgehead atoms. The predicted molar refractivity (Wildman–Crippen MR) is 70.8 cm³/mol. The number of halogens is 1. The molecule has 1 aromatic heterocycles. The average molecular weight is 282 g/mol. The highest BCUT2D eigenvalue weighted by Crippen LogP contribution is 2.32. The van der Waals surface area contributed by atoms with E-state index >= 15 is 0 Å². The van der Waals surface area contributed by atoms with Gasteiger partial charge in [0.15, 0.2) is 0 Å². The van der Waals surface area contributed by atoms with Crippen LogP contribution < -0.4 is 5.32 Å². The largest absolute Gasteiger partial charge is 0.464 e. The van der Waals surface area contributed by atoms with Crippen LogP contribution in [0.4, 0.5) is 0 Å². The summed E-state index contributed by atoms with van der Waals surface area (Å²) in [4.78, 5) is 0. The van der Waals surface area contributed by atoms with Crippen molar-refractivity contribution in [1.29, 1.82) is 0 Å². The molecule has 0 unspecified atom stereocenters. The minimum Gasteiger partial charge on any atom is -0.464 e. The number of nitrogens with one attached hydrogen (secondary N) is 1. The zero-order chi connectivity index (χ0) is 11.7. The molecule has 1 N–H and O–H groups in total. The van der Waals surface area contributed by atoms with Crippen molar-refractivity contribution in [2.75, 3.05) is 6.54 Å². The molecule has 0 aliphatic carbocycles. The van der Waals surface area contributed by atoms with Gasteiger partial charge in [0.1, 0.15) is 5.58 Å². The lowest BCUT2D eigenvalue weighted by Gasteiger charge is -2.06. The van der Waals surface area contributed by atoms with Gasteiger partial charge in [-0.25, -0.2) is 0 Å². The van der Waals surface area contributed by atoms with Crippen molar-refractivity contribution < 1.29 is 4.42 Å². The Morgan fingerprint density at radius 1 is 1.38 bits per heavy atom. The first-order chi connectivity index (χ1) is 7.65. The summed E-state index contributed by atoms with van der Waals surface area (Å²) >= 11 is 3.63. The summed E-state index contributed by atoms with van der Waals surface area (Å²) in [6.07, 6.45) is 1.85. The first kappa shape index (κ1) is 11.7. The molecule has 2 rings (SSSR count).